The highest BCUT2D eigenvalue weighted by Gasteiger charge is 2.33. The normalized spacial score (nSPS) is 11.6. The molecule has 1 aromatic heterocycles. The number of unbranched alkanes of at least 4 members (excludes halogenated alkanes) is 1. The lowest BCUT2D eigenvalue weighted by Crippen LogP contribution is -2.39. The molecule has 0 aliphatic heterocycles. The summed E-state index contributed by atoms with van der Waals surface area (Å²) in [5, 5.41) is 1.59. The van der Waals surface area contributed by atoms with Crippen LogP contribution in [0.4, 0.5) is 18.9 Å². The minimum absolute atomic E-state index is 0.0895. The van der Waals surface area contributed by atoms with Gasteiger partial charge in [0, 0.05) is 6.54 Å². The van der Waals surface area contributed by atoms with Crippen LogP contribution in [-0.2, 0) is 0 Å². The van der Waals surface area contributed by atoms with E-state index in [1.165, 1.54) is 6.07 Å². The number of amides is 1. The highest BCUT2D eigenvalue weighted by atomic mass is 32.1. The van der Waals surface area contributed by atoms with Crippen LogP contribution in [0.5, 0.6) is 0 Å². The Labute approximate surface area is 107 Å². The highest BCUT2D eigenvalue weighted by molar-refractivity contribution is 7.12. The summed E-state index contributed by atoms with van der Waals surface area (Å²) in [7, 11) is 0. The molecule has 7 heteroatoms. The number of carbonyl (C=O) groups excluding carboxylic acids is 1. The lowest BCUT2D eigenvalue weighted by molar-refractivity contribution is -0.140. The quantitative estimate of drug-likeness (QED) is 0.900. The third-order valence-electron chi connectivity index (χ3n) is 2.33. The van der Waals surface area contributed by atoms with E-state index in [9.17, 15) is 18.0 Å². The fourth-order valence-corrected chi connectivity index (χ4v) is 2.24. The first-order valence-corrected chi connectivity index (χ1v) is 6.42. The molecule has 3 nitrogen and oxygen atoms in total. The second-order valence-corrected chi connectivity index (χ2v) is 4.82. The molecular formula is C11H15F3N2OS. The van der Waals surface area contributed by atoms with Gasteiger partial charge in [0.1, 0.15) is 11.4 Å². The zero-order valence-electron chi connectivity index (χ0n) is 9.96. The Morgan fingerprint density at radius 2 is 2.17 bits per heavy atom. The number of hydrogen-bond donors (Lipinski definition) is 1. The fourth-order valence-electron chi connectivity index (χ4n) is 1.45. The summed E-state index contributed by atoms with van der Waals surface area (Å²) in [5.74, 6) is -0.645. The number of thiophene rings is 1. The Bertz CT molecular complexity index is 403. The molecule has 0 atom stereocenters. The Kier molecular flexibility index (Phi) is 5.01. The average molecular weight is 280 g/mol. The third kappa shape index (κ3) is 4.21. The molecule has 0 aromatic carbocycles. The molecule has 1 aromatic rings. The summed E-state index contributed by atoms with van der Waals surface area (Å²) in [6.45, 7) is 0.713. The summed E-state index contributed by atoms with van der Waals surface area (Å²) < 4.78 is 37.2. The van der Waals surface area contributed by atoms with E-state index < -0.39 is 18.6 Å². The summed E-state index contributed by atoms with van der Waals surface area (Å²) in [6, 6.07) is 1.52. The Balaban J connectivity index is 2.82. The van der Waals surface area contributed by atoms with Gasteiger partial charge in [-0.05, 0) is 17.9 Å². The van der Waals surface area contributed by atoms with Gasteiger partial charge >= 0.3 is 6.18 Å². The molecular weight excluding hydrogens is 265 g/mol. The predicted octanol–water partition coefficient (Wildman–Crippen LogP) is 3.13. The predicted molar refractivity (Wildman–Crippen MR) is 65.6 cm³/mol. The van der Waals surface area contributed by atoms with Gasteiger partial charge < -0.3 is 10.6 Å². The Morgan fingerprint density at radius 1 is 1.50 bits per heavy atom. The number of rotatable bonds is 5. The van der Waals surface area contributed by atoms with Gasteiger partial charge in [-0.15, -0.1) is 11.3 Å². The molecule has 0 unspecified atom stereocenters. The highest BCUT2D eigenvalue weighted by Crippen LogP contribution is 2.24. The van der Waals surface area contributed by atoms with Gasteiger partial charge in [-0.2, -0.15) is 13.2 Å². The minimum Gasteiger partial charge on any atom is -0.397 e. The molecule has 0 bridgehead atoms. The van der Waals surface area contributed by atoms with Gasteiger partial charge in [-0.1, -0.05) is 13.3 Å². The summed E-state index contributed by atoms with van der Waals surface area (Å²) in [6.07, 6.45) is -3.13. The van der Waals surface area contributed by atoms with Gasteiger partial charge in [0.2, 0.25) is 0 Å². The number of nitrogens with zero attached hydrogens (tertiary/aromatic N) is 1. The average Bonchev–Trinajstić information content (AvgIpc) is 2.68. The molecule has 0 fully saturated rings. The van der Waals surface area contributed by atoms with E-state index in [2.05, 4.69) is 0 Å². The summed E-state index contributed by atoms with van der Waals surface area (Å²) in [4.78, 5) is 13.0. The van der Waals surface area contributed by atoms with Crippen LogP contribution in [0.1, 0.15) is 29.4 Å². The van der Waals surface area contributed by atoms with Crippen LogP contribution < -0.4 is 5.73 Å². The fraction of sp³-hybridized carbons (Fsp3) is 0.545. The lowest BCUT2D eigenvalue weighted by Gasteiger charge is -2.23. The van der Waals surface area contributed by atoms with Crippen molar-refractivity contribution >= 4 is 22.9 Å². The first-order chi connectivity index (χ1) is 8.35. The van der Waals surface area contributed by atoms with E-state index in [0.29, 0.717) is 6.42 Å². The molecule has 0 saturated carbocycles. The SMILES string of the molecule is CCCCN(CC(F)(F)F)C(=O)c1sccc1N. The van der Waals surface area contributed by atoms with Crippen molar-refractivity contribution in [2.75, 3.05) is 18.8 Å². The van der Waals surface area contributed by atoms with Crippen LogP contribution in [0.2, 0.25) is 0 Å². The third-order valence-corrected chi connectivity index (χ3v) is 3.25. The number of alkyl halides is 3. The molecule has 102 valence electrons. The molecule has 1 heterocycles. The van der Waals surface area contributed by atoms with E-state index in [4.69, 9.17) is 5.73 Å². The molecule has 2 N–H and O–H groups in total. The topological polar surface area (TPSA) is 46.3 Å². The second kappa shape index (κ2) is 6.08. The van der Waals surface area contributed by atoms with Crippen molar-refractivity contribution in [1.82, 2.24) is 4.90 Å². The van der Waals surface area contributed by atoms with Crippen molar-refractivity contribution in [3.8, 4) is 0 Å². The Morgan fingerprint density at radius 3 is 2.61 bits per heavy atom. The number of anilines is 1. The Hall–Kier alpha value is -1.24. The maximum absolute atomic E-state index is 12.4. The maximum atomic E-state index is 12.4. The molecule has 18 heavy (non-hydrogen) atoms. The van der Waals surface area contributed by atoms with Crippen molar-refractivity contribution in [3.63, 3.8) is 0 Å². The molecule has 0 saturated heterocycles. The van der Waals surface area contributed by atoms with Gasteiger partial charge in [-0.25, -0.2) is 0 Å². The maximum Gasteiger partial charge on any atom is 0.406 e. The van der Waals surface area contributed by atoms with Gasteiger partial charge in [0.05, 0.1) is 5.69 Å². The molecule has 0 spiro atoms. The first kappa shape index (κ1) is 14.8. The van der Waals surface area contributed by atoms with Crippen LogP contribution in [0.15, 0.2) is 11.4 Å². The molecule has 1 rings (SSSR count). The monoisotopic (exact) mass is 280 g/mol. The number of nitrogens with two attached hydrogens (primary N) is 1. The van der Waals surface area contributed by atoms with E-state index in [-0.39, 0.29) is 17.1 Å². The lowest BCUT2D eigenvalue weighted by atomic mass is 10.3. The van der Waals surface area contributed by atoms with E-state index in [1.807, 2.05) is 6.92 Å². The van der Waals surface area contributed by atoms with E-state index in [1.54, 1.807) is 5.38 Å². The van der Waals surface area contributed by atoms with Gasteiger partial charge in [0.15, 0.2) is 0 Å². The van der Waals surface area contributed by atoms with Crippen molar-refractivity contribution in [3.05, 3.63) is 16.3 Å². The van der Waals surface area contributed by atoms with Crippen LogP contribution in [0, 0.1) is 0 Å². The van der Waals surface area contributed by atoms with Gasteiger partial charge in [0.25, 0.3) is 5.91 Å². The van der Waals surface area contributed by atoms with Crippen LogP contribution in [0.25, 0.3) is 0 Å². The number of hydrogen-bond acceptors (Lipinski definition) is 3. The second-order valence-electron chi connectivity index (χ2n) is 3.90. The minimum atomic E-state index is -4.39. The van der Waals surface area contributed by atoms with E-state index >= 15 is 0 Å². The zero-order valence-corrected chi connectivity index (χ0v) is 10.8. The summed E-state index contributed by atoms with van der Waals surface area (Å²) >= 11 is 1.06. The number of nitrogen functional groups attached to an aromatic ring is 1. The standard InChI is InChI=1S/C11H15F3N2OS/c1-2-3-5-16(7-11(12,13)14)10(17)9-8(15)4-6-18-9/h4,6H,2-3,5,7,15H2,1H3. The molecule has 0 radical (unpaired) electrons. The smallest absolute Gasteiger partial charge is 0.397 e. The van der Waals surface area contributed by atoms with Crippen LogP contribution in [0.3, 0.4) is 0 Å². The van der Waals surface area contributed by atoms with Crippen LogP contribution >= 0.6 is 11.3 Å². The first-order valence-electron chi connectivity index (χ1n) is 5.54. The molecule has 1 amide bonds. The van der Waals surface area contributed by atoms with Crippen molar-refractivity contribution in [2.45, 2.75) is 25.9 Å². The van der Waals surface area contributed by atoms with Crippen molar-refractivity contribution in [2.24, 2.45) is 0 Å². The van der Waals surface area contributed by atoms with Crippen molar-refractivity contribution < 1.29 is 18.0 Å². The van der Waals surface area contributed by atoms with E-state index in [0.717, 1.165) is 22.7 Å². The summed E-state index contributed by atoms with van der Waals surface area (Å²) in [5.41, 5.74) is 5.78. The van der Waals surface area contributed by atoms with Crippen LogP contribution in [-0.4, -0.2) is 30.1 Å². The number of halogens is 3. The van der Waals surface area contributed by atoms with Gasteiger partial charge in [-0.3, -0.25) is 4.79 Å². The van der Waals surface area contributed by atoms with Crippen molar-refractivity contribution in [1.29, 1.82) is 0 Å². The molecule has 0 aliphatic rings. The molecule has 0 aliphatic carbocycles. The number of carbonyl (C=O) groups is 1. The zero-order chi connectivity index (χ0) is 13.8. The largest absolute Gasteiger partial charge is 0.406 e.